The standard InChI is InChI=1S/C18H21FN2O4S/c1-4-25-17-10-9-14(11-15(17)19)20-18(22)12-21(26(3,23)24)16-8-6-5-7-13(16)2/h5-11H,4,12H2,1-3H3,(H,20,22). The zero-order chi connectivity index (χ0) is 19.3. The van der Waals surface area contributed by atoms with E-state index in [4.69, 9.17) is 4.74 Å². The Kier molecular flexibility index (Phi) is 6.20. The van der Waals surface area contributed by atoms with Gasteiger partial charge in [0.2, 0.25) is 15.9 Å². The average molecular weight is 380 g/mol. The molecule has 0 radical (unpaired) electrons. The van der Waals surface area contributed by atoms with E-state index in [1.54, 1.807) is 38.1 Å². The summed E-state index contributed by atoms with van der Waals surface area (Å²) in [4.78, 5) is 12.3. The number of carbonyl (C=O) groups excluding carboxylic acids is 1. The molecule has 140 valence electrons. The van der Waals surface area contributed by atoms with Gasteiger partial charge >= 0.3 is 0 Å². The van der Waals surface area contributed by atoms with Crippen LogP contribution in [0.4, 0.5) is 15.8 Å². The third-order valence-electron chi connectivity index (χ3n) is 3.59. The molecule has 6 nitrogen and oxygen atoms in total. The highest BCUT2D eigenvalue weighted by molar-refractivity contribution is 7.92. The zero-order valence-corrected chi connectivity index (χ0v) is 15.6. The van der Waals surface area contributed by atoms with Gasteiger partial charge < -0.3 is 10.1 Å². The maximum Gasteiger partial charge on any atom is 0.245 e. The molecule has 1 N–H and O–H groups in total. The summed E-state index contributed by atoms with van der Waals surface area (Å²) < 4.78 is 44.2. The number of halogens is 1. The largest absolute Gasteiger partial charge is 0.491 e. The minimum Gasteiger partial charge on any atom is -0.491 e. The predicted molar refractivity (Wildman–Crippen MR) is 99.6 cm³/mol. The van der Waals surface area contributed by atoms with Crippen molar-refractivity contribution >= 4 is 27.3 Å². The summed E-state index contributed by atoms with van der Waals surface area (Å²) in [7, 11) is -3.67. The number of amides is 1. The van der Waals surface area contributed by atoms with Gasteiger partial charge in [0, 0.05) is 11.8 Å². The predicted octanol–water partition coefficient (Wildman–Crippen LogP) is 2.94. The van der Waals surface area contributed by atoms with Crippen LogP contribution in [-0.4, -0.2) is 33.7 Å². The number of para-hydroxylation sites is 1. The summed E-state index contributed by atoms with van der Waals surface area (Å²) in [5.74, 6) is -1.10. The van der Waals surface area contributed by atoms with Crippen molar-refractivity contribution in [3.05, 3.63) is 53.8 Å². The van der Waals surface area contributed by atoms with Gasteiger partial charge in [0.15, 0.2) is 11.6 Å². The van der Waals surface area contributed by atoms with Crippen molar-refractivity contribution in [2.75, 3.05) is 29.0 Å². The van der Waals surface area contributed by atoms with E-state index in [2.05, 4.69) is 5.32 Å². The maximum atomic E-state index is 13.9. The second-order valence-corrected chi connectivity index (χ2v) is 7.59. The minimum absolute atomic E-state index is 0.0863. The SMILES string of the molecule is CCOc1ccc(NC(=O)CN(c2ccccc2C)S(C)(=O)=O)cc1F. The van der Waals surface area contributed by atoms with Crippen molar-refractivity contribution in [2.24, 2.45) is 0 Å². The van der Waals surface area contributed by atoms with Crippen LogP contribution in [0.3, 0.4) is 0 Å². The molecule has 0 aromatic heterocycles. The van der Waals surface area contributed by atoms with Gasteiger partial charge in [-0.05, 0) is 37.6 Å². The summed E-state index contributed by atoms with van der Waals surface area (Å²) in [5, 5.41) is 2.50. The van der Waals surface area contributed by atoms with Crippen molar-refractivity contribution in [1.82, 2.24) is 0 Å². The number of nitrogens with zero attached hydrogens (tertiary/aromatic N) is 1. The number of aryl methyl sites for hydroxylation is 1. The number of hydrogen-bond donors (Lipinski definition) is 1. The number of sulfonamides is 1. The zero-order valence-electron chi connectivity index (χ0n) is 14.8. The second-order valence-electron chi connectivity index (χ2n) is 5.68. The van der Waals surface area contributed by atoms with E-state index < -0.39 is 28.3 Å². The van der Waals surface area contributed by atoms with E-state index >= 15 is 0 Å². The molecule has 0 aliphatic carbocycles. The Balaban J connectivity index is 2.18. The fourth-order valence-corrected chi connectivity index (χ4v) is 3.32. The summed E-state index contributed by atoms with van der Waals surface area (Å²) in [6.45, 7) is 3.40. The molecular formula is C18H21FN2O4S. The van der Waals surface area contributed by atoms with Crippen LogP contribution in [-0.2, 0) is 14.8 Å². The van der Waals surface area contributed by atoms with Gasteiger partial charge in [-0.15, -0.1) is 0 Å². The molecule has 0 aliphatic rings. The summed E-state index contributed by atoms with van der Waals surface area (Å²) in [6, 6.07) is 10.9. The molecule has 1 amide bonds. The first-order valence-electron chi connectivity index (χ1n) is 7.98. The molecule has 0 bridgehead atoms. The summed E-state index contributed by atoms with van der Waals surface area (Å²) in [6.07, 6.45) is 1.03. The molecule has 0 spiro atoms. The molecule has 0 saturated heterocycles. The summed E-state index contributed by atoms with van der Waals surface area (Å²) in [5.41, 5.74) is 1.36. The van der Waals surface area contributed by atoms with Gasteiger partial charge in [0.05, 0.1) is 18.6 Å². The molecule has 2 rings (SSSR count). The van der Waals surface area contributed by atoms with Gasteiger partial charge in [-0.1, -0.05) is 18.2 Å². The molecule has 8 heteroatoms. The Hall–Kier alpha value is -2.61. The van der Waals surface area contributed by atoms with Crippen molar-refractivity contribution in [2.45, 2.75) is 13.8 Å². The highest BCUT2D eigenvalue weighted by atomic mass is 32.2. The lowest BCUT2D eigenvalue weighted by molar-refractivity contribution is -0.114. The summed E-state index contributed by atoms with van der Waals surface area (Å²) >= 11 is 0. The Morgan fingerprint density at radius 2 is 1.92 bits per heavy atom. The van der Waals surface area contributed by atoms with Gasteiger partial charge in [-0.3, -0.25) is 9.10 Å². The van der Waals surface area contributed by atoms with Gasteiger partial charge in [0.25, 0.3) is 0 Å². The number of ether oxygens (including phenoxy) is 1. The Labute approximate surface area is 152 Å². The number of hydrogen-bond acceptors (Lipinski definition) is 4. The topological polar surface area (TPSA) is 75.7 Å². The van der Waals surface area contributed by atoms with Gasteiger partial charge in [-0.25, -0.2) is 12.8 Å². The highest BCUT2D eigenvalue weighted by Crippen LogP contribution is 2.23. The normalized spacial score (nSPS) is 11.1. The van der Waals surface area contributed by atoms with E-state index in [1.165, 1.54) is 12.1 Å². The van der Waals surface area contributed by atoms with Crippen LogP contribution in [0.1, 0.15) is 12.5 Å². The number of benzene rings is 2. The Morgan fingerprint density at radius 3 is 2.50 bits per heavy atom. The fourth-order valence-electron chi connectivity index (χ4n) is 2.41. The monoisotopic (exact) mass is 380 g/mol. The smallest absolute Gasteiger partial charge is 0.245 e. The molecule has 2 aromatic rings. The number of anilines is 2. The second kappa shape index (κ2) is 8.18. The first kappa shape index (κ1) is 19.7. The van der Waals surface area contributed by atoms with Gasteiger partial charge in [0.1, 0.15) is 6.54 Å². The lowest BCUT2D eigenvalue weighted by Gasteiger charge is -2.23. The molecule has 26 heavy (non-hydrogen) atoms. The molecule has 2 aromatic carbocycles. The number of nitrogens with one attached hydrogen (secondary N) is 1. The molecule has 0 fully saturated rings. The molecule has 0 aliphatic heterocycles. The average Bonchev–Trinajstić information content (AvgIpc) is 2.55. The van der Waals surface area contributed by atoms with Crippen LogP contribution in [0.15, 0.2) is 42.5 Å². The fraction of sp³-hybridized carbons (Fsp3) is 0.278. The third kappa shape index (κ3) is 4.95. The highest BCUT2D eigenvalue weighted by Gasteiger charge is 2.22. The van der Waals surface area contributed by atoms with Gasteiger partial charge in [-0.2, -0.15) is 0 Å². The van der Waals surface area contributed by atoms with E-state index in [0.29, 0.717) is 12.3 Å². The van der Waals surface area contributed by atoms with Crippen molar-refractivity contribution in [3.63, 3.8) is 0 Å². The van der Waals surface area contributed by atoms with E-state index in [0.717, 1.165) is 22.2 Å². The first-order valence-corrected chi connectivity index (χ1v) is 9.82. The lowest BCUT2D eigenvalue weighted by atomic mass is 10.2. The maximum absolute atomic E-state index is 13.9. The van der Waals surface area contributed by atoms with Crippen LogP contribution < -0.4 is 14.4 Å². The number of rotatable bonds is 7. The van der Waals surface area contributed by atoms with E-state index in [1.807, 2.05) is 0 Å². The van der Waals surface area contributed by atoms with E-state index in [9.17, 15) is 17.6 Å². The molecular weight excluding hydrogens is 359 g/mol. The van der Waals surface area contributed by atoms with Crippen LogP contribution in [0.5, 0.6) is 5.75 Å². The molecule has 0 unspecified atom stereocenters. The molecule has 0 heterocycles. The number of carbonyl (C=O) groups is 1. The Morgan fingerprint density at radius 1 is 1.23 bits per heavy atom. The minimum atomic E-state index is -3.67. The lowest BCUT2D eigenvalue weighted by Crippen LogP contribution is -2.37. The van der Waals surface area contributed by atoms with Crippen molar-refractivity contribution in [1.29, 1.82) is 0 Å². The molecule has 0 saturated carbocycles. The van der Waals surface area contributed by atoms with Crippen molar-refractivity contribution < 1.29 is 22.3 Å². The molecule has 0 atom stereocenters. The quantitative estimate of drug-likeness (QED) is 0.801. The van der Waals surface area contributed by atoms with Crippen molar-refractivity contribution in [3.8, 4) is 5.75 Å². The first-order chi connectivity index (χ1) is 12.2. The van der Waals surface area contributed by atoms with Crippen LogP contribution in [0.25, 0.3) is 0 Å². The van der Waals surface area contributed by atoms with E-state index in [-0.39, 0.29) is 11.4 Å². The Bertz CT molecular complexity index is 900. The van der Waals surface area contributed by atoms with Crippen LogP contribution >= 0.6 is 0 Å². The van der Waals surface area contributed by atoms with Crippen LogP contribution in [0.2, 0.25) is 0 Å². The van der Waals surface area contributed by atoms with Crippen LogP contribution in [0, 0.1) is 12.7 Å². The third-order valence-corrected chi connectivity index (χ3v) is 4.71.